The Kier molecular flexibility index (Phi) is 3.68. The van der Waals surface area contributed by atoms with E-state index in [0.29, 0.717) is 17.1 Å². The lowest BCUT2D eigenvalue weighted by molar-refractivity contribution is -0.122. The van der Waals surface area contributed by atoms with Crippen LogP contribution in [0, 0.1) is 11.3 Å². The van der Waals surface area contributed by atoms with Gasteiger partial charge in [0.25, 0.3) is 0 Å². The Hall–Kier alpha value is -0.370. The Labute approximate surface area is 99.4 Å². The lowest BCUT2D eigenvalue weighted by Crippen LogP contribution is -2.42. The van der Waals surface area contributed by atoms with Gasteiger partial charge in [-0.2, -0.15) is 0 Å². The minimum absolute atomic E-state index is 0.434. The summed E-state index contributed by atoms with van der Waals surface area (Å²) in [5.41, 5.74) is 0.582. The van der Waals surface area contributed by atoms with E-state index in [1.165, 1.54) is 25.7 Å². The van der Waals surface area contributed by atoms with Crippen LogP contribution >= 0.6 is 0 Å². The molecule has 0 aromatic heterocycles. The Morgan fingerprint density at radius 3 is 2.19 bits per heavy atom. The van der Waals surface area contributed by atoms with Crippen molar-refractivity contribution in [2.75, 3.05) is 19.6 Å². The van der Waals surface area contributed by atoms with E-state index in [1.54, 1.807) is 0 Å². The number of nitrogens with zero attached hydrogens (tertiary/aromatic N) is 1. The summed E-state index contributed by atoms with van der Waals surface area (Å²) in [6.07, 6.45) is 7.48. The predicted molar refractivity (Wildman–Crippen MR) is 66.4 cm³/mol. The highest BCUT2D eigenvalue weighted by Crippen LogP contribution is 2.38. The maximum absolute atomic E-state index is 11.7. The van der Waals surface area contributed by atoms with Gasteiger partial charge in [-0.15, -0.1) is 0 Å². The zero-order valence-electron chi connectivity index (χ0n) is 10.8. The first-order valence-electron chi connectivity index (χ1n) is 6.94. The summed E-state index contributed by atoms with van der Waals surface area (Å²) in [4.78, 5) is 14.1. The fourth-order valence-electron chi connectivity index (χ4n) is 2.90. The average molecular weight is 223 g/mol. The third-order valence-electron chi connectivity index (χ3n) is 4.83. The molecule has 2 fully saturated rings. The van der Waals surface area contributed by atoms with Gasteiger partial charge in [0.1, 0.15) is 5.78 Å². The van der Waals surface area contributed by atoms with Gasteiger partial charge in [-0.05, 0) is 44.2 Å². The van der Waals surface area contributed by atoms with Crippen molar-refractivity contribution in [1.29, 1.82) is 0 Å². The van der Waals surface area contributed by atoms with Crippen molar-refractivity contribution in [1.82, 2.24) is 4.90 Å². The third kappa shape index (κ3) is 2.65. The summed E-state index contributed by atoms with van der Waals surface area (Å²) in [7, 11) is 0. The molecule has 0 radical (unpaired) electrons. The second kappa shape index (κ2) is 4.87. The summed E-state index contributed by atoms with van der Waals surface area (Å²) < 4.78 is 0. The molecule has 0 aromatic rings. The molecule has 2 heteroatoms. The number of ketones is 1. The summed E-state index contributed by atoms with van der Waals surface area (Å²) in [6.45, 7) is 7.64. The molecule has 92 valence electrons. The van der Waals surface area contributed by atoms with E-state index in [1.807, 2.05) is 0 Å². The van der Waals surface area contributed by atoms with E-state index in [0.717, 1.165) is 32.5 Å². The first kappa shape index (κ1) is 12.1. The van der Waals surface area contributed by atoms with Crippen molar-refractivity contribution < 1.29 is 4.79 Å². The van der Waals surface area contributed by atoms with Gasteiger partial charge in [-0.3, -0.25) is 9.69 Å². The van der Waals surface area contributed by atoms with E-state index < -0.39 is 0 Å². The van der Waals surface area contributed by atoms with Gasteiger partial charge in [0.2, 0.25) is 0 Å². The summed E-state index contributed by atoms with van der Waals surface area (Å²) >= 11 is 0. The largest absolute Gasteiger partial charge is 0.298 e. The SMILES string of the molecule is CCC1(CC)CCN(CC(=O)C2CC2)CC1. The molecule has 1 saturated heterocycles. The molecule has 2 rings (SSSR count). The Balaban J connectivity index is 1.77. The molecular weight excluding hydrogens is 198 g/mol. The number of rotatable bonds is 5. The van der Waals surface area contributed by atoms with Crippen LogP contribution in [-0.2, 0) is 4.79 Å². The summed E-state index contributed by atoms with van der Waals surface area (Å²) in [6, 6.07) is 0. The highest BCUT2D eigenvalue weighted by atomic mass is 16.1. The second-order valence-corrected chi connectivity index (χ2v) is 5.72. The van der Waals surface area contributed by atoms with E-state index >= 15 is 0 Å². The van der Waals surface area contributed by atoms with Gasteiger partial charge in [-0.1, -0.05) is 26.7 Å². The number of Topliss-reactive ketones (excluding diaryl/α,β-unsaturated/α-hetero) is 1. The Morgan fingerprint density at radius 2 is 1.75 bits per heavy atom. The van der Waals surface area contributed by atoms with Gasteiger partial charge < -0.3 is 0 Å². The topological polar surface area (TPSA) is 20.3 Å². The van der Waals surface area contributed by atoms with E-state index in [2.05, 4.69) is 18.7 Å². The maximum atomic E-state index is 11.7. The van der Waals surface area contributed by atoms with Crippen molar-refractivity contribution >= 4 is 5.78 Å². The molecule has 0 bridgehead atoms. The van der Waals surface area contributed by atoms with Crippen LogP contribution in [0.2, 0.25) is 0 Å². The van der Waals surface area contributed by atoms with Crippen LogP contribution in [0.15, 0.2) is 0 Å². The van der Waals surface area contributed by atoms with Gasteiger partial charge in [0.15, 0.2) is 0 Å². The molecule has 1 heterocycles. The van der Waals surface area contributed by atoms with Crippen molar-refractivity contribution in [3.63, 3.8) is 0 Å². The number of carbonyl (C=O) groups excluding carboxylic acids is 1. The number of hydrogen-bond donors (Lipinski definition) is 0. The molecule has 2 nitrogen and oxygen atoms in total. The minimum atomic E-state index is 0.434. The Morgan fingerprint density at radius 1 is 1.19 bits per heavy atom. The molecule has 0 amide bonds. The molecule has 1 aliphatic carbocycles. The fourth-order valence-corrected chi connectivity index (χ4v) is 2.90. The van der Waals surface area contributed by atoms with Crippen molar-refractivity contribution in [2.45, 2.75) is 52.4 Å². The molecule has 0 spiro atoms. The van der Waals surface area contributed by atoms with Gasteiger partial charge in [-0.25, -0.2) is 0 Å². The molecule has 1 saturated carbocycles. The zero-order valence-corrected chi connectivity index (χ0v) is 10.8. The zero-order chi connectivity index (χ0) is 11.6. The van der Waals surface area contributed by atoms with E-state index in [4.69, 9.17) is 0 Å². The van der Waals surface area contributed by atoms with Crippen LogP contribution < -0.4 is 0 Å². The van der Waals surface area contributed by atoms with Crippen molar-refractivity contribution in [3.8, 4) is 0 Å². The lowest BCUT2D eigenvalue weighted by Gasteiger charge is -2.40. The molecule has 0 aromatic carbocycles. The average Bonchev–Trinajstić information content (AvgIpc) is 3.14. The van der Waals surface area contributed by atoms with Crippen LogP contribution in [0.1, 0.15) is 52.4 Å². The number of piperidine rings is 1. The predicted octanol–water partition coefficient (Wildman–Crippen LogP) is 2.87. The quantitative estimate of drug-likeness (QED) is 0.714. The van der Waals surface area contributed by atoms with E-state index in [-0.39, 0.29) is 0 Å². The molecule has 2 aliphatic rings. The lowest BCUT2D eigenvalue weighted by atomic mass is 9.74. The Bertz CT molecular complexity index is 243. The molecule has 0 unspecified atom stereocenters. The maximum Gasteiger partial charge on any atom is 0.149 e. The van der Waals surface area contributed by atoms with Crippen LogP contribution in [0.3, 0.4) is 0 Å². The number of hydrogen-bond acceptors (Lipinski definition) is 2. The molecule has 1 aliphatic heterocycles. The molecule has 16 heavy (non-hydrogen) atoms. The highest BCUT2D eigenvalue weighted by Gasteiger charge is 2.34. The van der Waals surface area contributed by atoms with Gasteiger partial charge in [0.05, 0.1) is 6.54 Å². The van der Waals surface area contributed by atoms with Crippen LogP contribution in [-0.4, -0.2) is 30.3 Å². The first-order chi connectivity index (χ1) is 7.69. The van der Waals surface area contributed by atoms with Gasteiger partial charge in [0, 0.05) is 5.92 Å². The normalized spacial score (nSPS) is 25.6. The monoisotopic (exact) mass is 223 g/mol. The molecular formula is C14H25NO. The summed E-state index contributed by atoms with van der Waals surface area (Å²) in [5.74, 6) is 0.935. The second-order valence-electron chi connectivity index (χ2n) is 5.72. The standard InChI is InChI=1S/C14H25NO/c1-3-14(4-2)7-9-15(10-8-14)11-13(16)12-5-6-12/h12H,3-11H2,1-2H3. The van der Waals surface area contributed by atoms with Crippen molar-refractivity contribution in [2.24, 2.45) is 11.3 Å². The van der Waals surface area contributed by atoms with Crippen LogP contribution in [0.25, 0.3) is 0 Å². The molecule has 0 N–H and O–H groups in total. The minimum Gasteiger partial charge on any atom is -0.298 e. The molecule has 0 atom stereocenters. The van der Waals surface area contributed by atoms with Gasteiger partial charge >= 0.3 is 0 Å². The number of likely N-dealkylation sites (tertiary alicyclic amines) is 1. The fraction of sp³-hybridized carbons (Fsp3) is 0.929. The highest BCUT2D eigenvalue weighted by molar-refractivity contribution is 5.84. The van der Waals surface area contributed by atoms with E-state index in [9.17, 15) is 4.79 Å². The third-order valence-corrected chi connectivity index (χ3v) is 4.83. The first-order valence-corrected chi connectivity index (χ1v) is 6.94. The smallest absolute Gasteiger partial charge is 0.149 e. The summed E-state index contributed by atoms with van der Waals surface area (Å²) in [5, 5.41) is 0. The number of carbonyl (C=O) groups is 1. The van der Waals surface area contributed by atoms with Crippen molar-refractivity contribution in [3.05, 3.63) is 0 Å². The van der Waals surface area contributed by atoms with Crippen LogP contribution in [0.4, 0.5) is 0 Å². The van der Waals surface area contributed by atoms with Crippen LogP contribution in [0.5, 0.6) is 0 Å².